The number of hydrogen-bond acceptors (Lipinski definition) is 2. The third-order valence-electron chi connectivity index (χ3n) is 11.0. The van der Waals surface area contributed by atoms with Gasteiger partial charge in [0, 0.05) is 25.7 Å². The van der Waals surface area contributed by atoms with E-state index in [-0.39, 0.29) is 0 Å². The lowest BCUT2D eigenvalue weighted by molar-refractivity contribution is 1.55. The molecule has 0 bridgehead atoms. The zero-order chi connectivity index (χ0) is 37.6. The van der Waals surface area contributed by atoms with Crippen LogP contribution in [0.15, 0.2) is 163 Å². The molecular weight excluding hydrogens is 701 g/mol. The maximum Gasteiger partial charge on any atom is 0.0434 e. The van der Waals surface area contributed by atoms with Crippen molar-refractivity contribution in [3.8, 4) is 33.4 Å². The van der Waals surface area contributed by atoms with Crippen LogP contribution in [0.5, 0.6) is 0 Å². The van der Waals surface area contributed by atoms with E-state index >= 15 is 0 Å². The van der Waals surface area contributed by atoms with Crippen molar-refractivity contribution in [2.24, 2.45) is 0 Å². The number of aryl methyl sites for hydroxylation is 1. The summed E-state index contributed by atoms with van der Waals surface area (Å²) in [5, 5.41) is 14.7. The minimum Gasteiger partial charge on any atom is -0.151 e. The Morgan fingerprint density at radius 2 is 1.24 bits per heavy atom. The van der Waals surface area contributed by atoms with Crippen molar-refractivity contribution >= 4 is 92.9 Å². The largest absolute Gasteiger partial charge is 0.151 e. The van der Waals surface area contributed by atoms with Crippen LogP contribution in [0, 0.1) is 6.92 Å². The fraction of sp³-hybridized carbons (Fsp3) is 0.0566. The highest BCUT2D eigenvalue weighted by atomic mass is 32.1. The predicted molar refractivity (Wildman–Crippen MR) is 249 cm³/mol. The maximum atomic E-state index is 4.37. The van der Waals surface area contributed by atoms with Crippen LogP contribution in [0.4, 0.5) is 0 Å². The van der Waals surface area contributed by atoms with Gasteiger partial charge in [-0.15, -0.1) is 11.3 Å². The molecule has 55 heavy (non-hydrogen) atoms. The first kappa shape index (κ1) is 34.7. The zero-order valence-corrected chi connectivity index (χ0v) is 33.0. The Morgan fingerprint density at radius 3 is 1.84 bits per heavy atom. The SMILES string of the molecule is C=C/C=C\C(=C/C)c1c(C=C)c(/C=C\C)c(-c2cccc3c2sc2ccc(-c4c5ccccc5c(-c5cscc5C)c5ccccc45)cc23)c2ccccc12. The average molecular weight is 741 g/mol. The number of fused-ring (bicyclic) bond motifs is 6. The van der Waals surface area contributed by atoms with Crippen LogP contribution in [0.25, 0.3) is 104 Å². The summed E-state index contributed by atoms with van der Waals surface area (Å²) in [6.45, 7) is 14.7. The molecule has 0 unspecified atom stereocenters. The molecule has 264 valence electrons. The van der Waals surface area contributed by atoms with Gasteiger partial charge in [0.15, 0.2) is 0 Å². The molecule has 0 nitrogen and oxygen atoms in total. The Balaban J connectivity index is 1.33. The van der Waals surface area contributed by atoms with Crippen molar-refractivity contribution in [1.29, 1.82) is 0 Å². The summed E-state index contributed by atoms with van der Waals surface area (Å²) in [7, 11) is 0. The topological polar surface area (TPSA) is 0 Å². The summed E-state index contributed by atoms with van der Waals surface area (Å²) in [5.74, 6) is 0. The molecule has 0 aliphatic heterocycles. The van der Waals surface area contributed by atoms with Gasteiger partial charge in [-0.25, -0.2) is 0 Å². The van der Waals surface area contributed by atoms with Crippen LogP contribution in [0.3, 0.4) is 0 Å². The molecule has 9 rings (SSSR count). The van der Waals surface area contributed by atoms with Gasteiger partial charge in [0.1, 0.15) is 0 Å². The van der Waals surface area contributed by atoms with E-state index in [1.54, 1.807) is 11.3 Å². The second-order valence-corrected chi connectivity index (χ2v) is 15.8. The Kier molecular flexibility index (Phi) is 9.02. The number of thiophene rings is 2. The van der Waals surface area contributed by atoms with Crippen LogP contribution >= 0.6 is 22.7 Å². The molecule has 0 saturated carbocycles. The molecule has 2 heteroatoms. The van der Waals surface area contributed by atoms with Gasteiger partial charge in [0.2, 0.25) is 0 Å². The molecule has 2 aromatic heterocycles. The summed E-state index contributed by atoms with van der Waals surface area (Å²) in [6.07, 6.45) is 14.6. The monoisotopic (exact) mass is 740 g/mol. The standard InChI is InChI=1S/C53H40S2/c1-6-10-19-34(8-3)49-36(9-4)37(18-7-2)51(41-23-14-11-20-38(41)49)45-27-17-26-44-46-30-35(28-29-48(46)55-53(44)45)50-39-21-12-15-24-42(39)52(47-32-54-31-33(47)5)43-25-16-13-22-40(43)50/h6-32H,1,4H2,2-3,5H3/b18-7-,19-10-,34-8+. The van der Waals surface area contributed by atoms with Crippen LogP contribution in [0.2, 0.25) is 0 Å². The molecule has 0 aliphatic carbocycles. The van der Waals surface area contributed by atoms with Crippen molar-refractivity contribution < 1.29 is 0 Å². The molecule has 0 N–H and O–H groups in total. The quantitative estimate of drug-likeness (QED) is 0.107. The van der Waals surface area contributed by atoms with Crippen molar-refractivity contribution in [3.05, 3.63) is 186 Å². The molecular formula is C53H40S2. The van der Waals surface area contributed by atoms with Gasteiger partial charge < -0.3 is 0 Å². The van der Waals surface area contributed by atoms with Gasteiger partial charge in [0.05, 0.1) is 0 Å². The Bertz CT molecular complexity index is 3040. The molecule has 0 atom stereocenters. The van der Waals surface area contributed by atoms with Crippen molar-refractivity contribution in [3.63, 3.8) is 0 Å². The summed E-state index contributed by atoms with van der Waals surface area (Å²) in [5.41, 5.74) is 13.6. The van der Waals surface area contributed by atoms with E-state index in [0.29, 0.717) is 0 Å². The van der Waals surface area contributed by atoms with Crippen LogP contribution in [0.1, 0.15) is 36.1 Å². The highest BCUT2D eigenvalue weighted by Crippen LogP contribution is 2.49. The first-order valence-corrected chi connectivity index (χ1v) is 20.6. The van der Waals surface area contributed by atoms with Gasteiger partial charge >= 0.3 is 0 Å². The van der Waals surface area contributed by atoms with Gasteiger partial charge in [-0.2, -0.15) is 11.3 Å². The Hall–Kier alpha value is -6.06. The van der Waals surface area contributed by atoms with Crippen LogP contribution < -0.4 is 0 Å². The molecule has 0 fully saturated rings. The fourth-order valence-corrected chi connectivity index (χ4v) is 10.7. The lowest BCUT2D eigenvalue weighted by atomic mass is 9.82. The minimum atomic E-state index is 1.13. The fourth-order valence-electron chi connectivity index (χ4n) is 8.62. The Labute approximate surface area is 331 Å². The van der Waals surface area contributed by atoms with E-state index in [9.17, 15) is 0 Å². The van der Waals surface area contributed by atoms with E-state index < -0.39 is 0 Å². The summed E-state index contributed by atoms with van der Waals surface area (Å²) < 4.78 is 2.58. The highest BCUT2D eigenvalue weighted by molar-refractivity contribution is 7.26. The Morgan fingerprint density at radius 1 is 0.600 bits per heavy atom. The smallest absolute Gasteiger partial charge is 0.0434 e. The minimum absolute atomic E-state index is 1.13. The molecule has 2 heterocycles. The van der Waals surface area contributed by atoms with Gasteiger partial charge in [-0.05, 0) is 132 Å². The summed E-state index contributed by atoms with van der Waals surface area (Å²) >= 11 is 3.67. The molecule has 9 aromatic rings. The maximum absolute atomic E-state index is 4.37. The highest BCUT2D eigenvalue weighted by Gasteiger charge is 2.23. The number of rotatable bonds is 8. The van der Waals surface area contributed by atoms with E-state index in [2.05, 4.69) is 178 Å². The second-order valence-electron chi connectivity index (χ2n) is 14.0. The van der Waals surface area contributed by atoms with Crippen LogP contribution in [-0.2, 0) is 0 Å². The normalized spacial score (nSPS) is 12.4. The number of hydrogen-bond donors (Lipinski definition) is 0. The first-order valence-electron chi connectivity index (χ1n) is 18.8. The molecule has 0 saturated heterocycles. The van der Waals surface area contributed by atoms with Gasteiger partial charge in [-0.3, -0.25) is 0 Å². The molecule has 0 aliphatic rings. The van der Waals surface area contributed by atoms with Crippen molar-refractivity contribution in [1.82, 2.24) is 0 Å². The second kappa shape index (κ2) is 14.3. The van der Waals surface area contributed by atoms with E-state index in [1.807, 2.05) is 29.6 Å². The molecule has 7 aromatic carbocycles. The lowest BCUT2D eigenvalue weighted by Crippen LogP contribution is -1.98. The van der Waals surface area contributed by atoms with Crippen molar-refractivity contribution in [2.75, 3.05) is 0 Å². The van der Waals surface area contributed by atoms with Crippen molar-refractivity contribution in [2.45, 2.75) is 20.8 Å². The van der Waals surface area contributed by atoms with E-state index in [4.69, 9.17) is 0 Å². The average Bonchev–Trinajstić information content (AvgIpc) is 3.82. The molecule has 0 spiro atoms. The van der Waals surface area contributed by atoms with Gasteiger partial charge in [-0.1, -0.05) is 153 Å². The predicted octanol–water partition coefficient (Wildman–Crippen LogP) is 16.7. The van der Waals surface area contributed by atoms with Crippen LogP contribution in [-0.4, -0.2) is 0 Å². The number of benzene rings is 7. The van der Waals surface area contributed by atoms with E-state index in [1.165, 1.54) is 103 Å². The molecule has 0 radical (unpaired) electrons. The third-order valence-corrected chi connectivity index (χ3v) is 13.0. The third kappa shape index (κ3) is 5.56. The summed E-state index contributed by atoms with van der Waals surface area (Å²) in [4.78, 5) is 0. The van der Waals surface area contributed by atoms with E-state index in [0.717, 1.165) is 11.1 Å². The zero-order valence-electron chi connectivity index (χ0n) is 31.3. The lowest BCUT2D eigenvalue weighted by Gasteiger charge is -2.21. The first-order chi connectivity index (χ1) is 27.1. The summed E-state index contributed by atoms with van der Waals surface area (Å²) in [6, 6.07) is 40.7. The number of allylic oxidation sites excluding steroid dienone is 6. The van der Waals surface area contributed by atoms with Gasteiger partial charge in [0.25, 0.3) is 0 Å². The molecule has 0 amide bonds.